The lowest BCUT2D eigenvalue weighted by Crippen LogP contribution is -2.24. The Bertz CT molecular complexity index is 751. The van der Waals surface area contributed by atoms with Crippen molar-refractivity contribution in [1.29, 1.82) is 0 Å². The monoisotopic (exact) mass is 326 g/mol. The van der Waals surface area contributed by atoms with Crippen LogP contribution in [-0.4, -0.2) is 27.1 Å². The molecule has 2 aromatic carbocycles. The Balaban J connectivity index is 1.86. The molecule has 0 N–H and O–H groups in total. The Kier molecular flexibility index (Phi) is 4.74. The van der Waals surface area contributed by atoms with Crippen LogP contribution in [0.1, 0.15) is 27.9 Å². The second-order valence-electron chi connectivity index (χ2n) is 6.02. The highest BCUT2D eigenvalue weighted by atomic mass is 16.5. The summed E-state index contributed by atoms with van der Waals surface area (Å²) in [5.41, 5.74) is 2.92. The first kappa shape index (κ1) is 16.4. The number of ketones is 1. The highest BCUT2D eigenvalue weighted by molar-refractivity contribution is 6.01. The van der Waals surface area contributed by atoms with Crippen LogP contribution in [0.2, 0.25) is 0 Å². The Hall–Kier alpha value is -2.49. The molecule has 3 rings (SSSR count). The highest BCUT2D eigenvalue weighted by Crippen LogP contribution is 2.36. The first-order valence-electron chi connectivity index (χ1n) is 8.08. The number of hydrogen-bond donors (Lipinski definition) is 0. The van der Waals surface area contributed by atoms with Crippen LogP contribution in [0.5, 0.6) is 17.2 Å². The van der Waals surface area contributed by atoms with Crippen molar-refractivity contribution in [3.05, 3.63) is 53.1 Å². The van der Waals surface area contributed by atoms with Crippen LogP contribution in [-0.2, 0) is 12.8 Å². The smallest absolute Gasteiger partial charge is 0.166 e. The molecule has 2 aromatic rings. The summed E-state index contributed by atoms with van der Waals surface area (Å²) in [6.45, 7) is 0. The van der Waals surface area contributed by atoms with E-state index in [1.54, 1.807) is 21.3 Å². The van der Waals surface area contributed by atoms with E-state index in [4.69, 9.17) is 14.2 Å². The molecule has 0 aliphatic heterocycles. The van der Waals surface area contributed by atoms with Crippen LogP contribution < -0.4 is 14.2 Å². The number of fused-ring (bicyclic) bond motifs is 1. The van der Waals surface area contributed by atoms with E-state index < -0.39 is 0 Å². The van der Waals surface area contributed by atoms with Crippen molar-refractivity contribution in [2.24, 2.45) is 5.92 Å². The molecular formula is C20H22O4. The third kappa shape index (κ3) is 3.09. The maximum atomic E-state index is 12.9. The van der Waals surface area contributed by atoms with E-state index in [0.29, 0.717) is 11.5 Å². The van der Waals surface area contributed by atoms with Gasteiger partial charge >= 0.3 is 0 Å². The highest BCUT2D eigenvalue weighted by Gasteiger charge is 2.29. The van der Waals surface area contributed by atoms with Crippen molar-refractivity contribution in [3.8, 4) is 17.2 Å². The van der Waals surface area contributed by atoms with Gasteiger partial charge in [-0.1, -0.05) is 12.1 Å². The topological polar surface area (TPSA) is 44.8 Å². The van der Waals surface area contributed by atoms with Crippen LogP contribution in [0.3, 0.4) is 0 Å². The summed E-state index contributed by atoms with van der Waals surface area (Å²) >= 11 is 0. The predicted octanol–water partition coefficient (Wildman–Crippen LogP) is 3.70. The molecule has 0 spiro atoms. The fourth-order valence-electron chi connectivity index (χ4n) is 3.32. The van der Waals surface area contributed by atoms with Crippen LogP contribution >= 0.6 is 0 Å². The number of Topliss-reactive ketones (excluding diaryl/α,β-unsaturated/α-hetero) is 1. The van der Waals surface area contributed by atoms with Gasteiger partial charge in [-0.2, -0.15) is 0 Å². The quantitative estimate of drug-likeness (QED) is 0.840. The number of aryl methyl sites for hydroxylation is 1. The van der Waals surface area contributed by atoms with Crippen LogP contribution in [0, 0.1) is 5.92 Å². The van der Waals surface area contributed by atoms with Crippen LogP contribution in [0.4, 0.5) is 0 Å². The van der Waals surface area contributed by atoms with E-state index in [-0.39, 0.29) is 11.7 Å². The molecule has 0 bridgehead atoms. The molecule has 4 nitrogen and oxygen atoms in total. The molecule has 1 aliphatic rings. The van der Waals surface area contributed by atoms with Crippen molar-refractivity contribution in [2.45, 2.75) is 19.3 Å². The summed E-state index contributed by atoms with van der Waals surface area (Å²) in [6.07, 6.45) is 2.44. The standard InChI is InChI=1S/C20H22O4/c1-22-16-6-4-5-13(10-16)9-15-8-7-14-11-18(23-2)19(24-3)12-17(14)20(15)21/h4-6,10-12,15H,7-9H2,1-3H3. The van der Waals surface area contributed by atoms with Gasteiger partial charge in [0.05, 0.1) is 21.3 Å². The third-order valence-corrected chi connectivity index (χ3v) is 4.62. The molecular weight excluding hydrogens is 304 g/mol. The molecule has 0 heterocycles. The SMILES string of the molecule is COc1cccc(CC2CCc3cc(OC)c(OC)cc3C2=O)c1. The third-order valence-electron chi connectivity index (χ3n) is 4.62. The van der Waals surface area contributed by atoms with Gasteiger partial charge in [0, 0.05) is 11.5 Å². The van der Waals surface area contributed by atoms with E-state index in [1.807, 2.05) is 36.4 Å². The predicted molar refractivity (Wildman–Crippen MR) is 92.4 cm³/mol. The number of benzene rings is 2. The van der Waals surface area contributed by atoms with Crippen LogP contribution in [0.15, 0.2) is 36.4 Å². The van der Waals surface area contributed by atoms with E-state index >= 15 is 0 Å². The van der Waals surface area contributed by atoms with Gasteiger partial charge in [-0.05, 0) is 54.7 Å². The van der Waals surface area contributed by atoms with Gasteiger partial charge in [0.1, 0.15) is 5.75 Å². The molecule has 1 aliphatic carbocycles. The first-order chi connectivity index (χ1) is 11.7. The number of carbonyl (C=O) groups is 1. The largest absolute Gasteiger partial charge is 0.497 e. The van der Waals surface area contributed by atoms with Crippen molar-refractivity contribution in [1.82, 2.24) is 0 Å². The van der Waals surface area contributed by atoms with Gasteiger partial charge < -0.3 is 14.2 Å². The zero-order valence-electron chi connectivity index (χ0n) is 14.3. The van der Waals surface area contributed by atoms with E-state index in [0.717, 1.165) is 41.7 Å². The molecule has 0 radical (unpaired) electrons. The molecule has 0 amide bonds. The first-order valence-corrected chi connectivity index (χ1v) is 8.08. The molecule has 0 aromatic heterocycles. The lowest BCUT2D eigenvalue weighted by Gasteiger charge is -2.24. The normalized spacial score (nSPS) is 16.5. The van der Waals surface area contributed by atoms with Gasteiger partial charge in [-0.15, -0.1) is 0 Å². The van der Waals surface area contributed by atoms with Gasteiger partial charge in [-0.25, -0.2) is 0 Å². The molecule has 126 valence electrons. The average molecular weight is 326 g/mol. The van der Waals surface area contributed by atoms with E-state index in [1.165, 1.54) is 0 Å². The van der Waals surface area contributed by atoms with Crippen LogP contribution in [0.25, 0.3) is 0 Å². The summed E-state index contributed by atoms with van der Waals surface area (Å²) in [5, 5.41) is 0. The molecule has 0 fully saturated rings. The van der Waals surface area contributed by atoms with Gasteiger partial charge in [0.2, 0.25) is 0 Å². The maximum Gasteiger partial charge on any atom is 0.166 e. The zero-order valence-corrected chi connectivity index (χ0v) is 14.3. The van der Waals surface area contributed by atoms with Crippen molar-refractivity contribution in [2.75, 3.05) is 21.3 Å². The lowest BCUT2D eigenvalue weighted by atomic mass is 9.79. The summed E-state index contributed by atoms with van der Waals surface area (Å²) in [4.78, 5) is 12.9. The number of carbonyl (C=O) groups excluding carboxylic acids is 1. The Morgan fingerprint density at radius 2 is 1.75 bits per heavy atom. The Morgan fingerprint density at radius 1 is 1.00 bits per heavy atom. The summed E-state index contributed by atoms with van der Waals surface area (Å²) in [7, 11) is 4.85. The van der Waals surface area contributed by atoms with Gasteiger partial charge in [-0.3, -0.25) is 4.79 Å². The molecule has 24 heavy (non-hydrogen) atoms. The number of hydrogen-bond acceptors (Lipinski definition) is 4. The molecule has 1 unspecified atom stereocenters. The number of rotatable bonds is 5. The number of methoxy groups -OCH3 is 3. The van der Waals surface area contributed by atoms with Crippen molar-refractivity contribution < 1.29 is 19.0 Å². The zero-order chi connectivity index (χ0) is 17.1. The van der Waals surface area contributed by atoms with Crippen molar-refractivity contribution >= 4 is 5.78 Å². The summed E-state index contributed by atoms with van der Waals surface area (Å²) in [6, 6.07) is 11.7. The minimum Gasteiger partial charge on any atom is -0.497 e. The van der Waals surface area contributed by atoms with Gasteiger partial charge in [0.25, 0.3) is 0 Å². The minimum atomic E-state index is -0.0114. The second kappa shape index (κ2) is 6.95. The molecule has 1 atom stereocenters. The van der Waals surface area contributed by atoms with E-state index in [2.05, 4.69) is 0 Å². The minimum absolute atomic E-state index is 0.0114. The summed E-state index contributed by atoms with van der Waals surface area (Å²) < 4.78 is 15.9. The number of ether oxygens (including phenoxy) is 3. The van der Waals surface area contributed by atoms with Gasteiger partial charge in [0.15, 0.2) is 17.3 Å². The Morgan fingerprint density at radius 3 is 2.46 bits per heavy atom. The fraction of sp³-hybridized carbons (Fsp3) is 0.350. The summed E-state index contributed by atoms with van der Waals surface area (Å²) in [5.74, 6) is 2.27. The molecule has 4 heteroatoms. The lowest BCUT2D eigenvalue weighted by molar-refractivity contribution is 0.0900. The fourth-order valence-corrected chi connectivity index (χ4v) is 3.32. The Labute approximate surface area is 142 Å². The maximum absolute atomic E-state index is 12.9. The van der Waals surface area contributed by atoms with Crippen molar-refractivity contribution in [3.63, 3.8) is 0 Å². The van der Waals surface area contributed by atoms with E-state index in [9.17, 15) is 4.79 Å². The molecule has 0 saturated carbocycles. The average Bonchev–Trinajstić information content (AvgIpc) is 2.63. The molecule has 0 saturated heterocycles. The second-order valence-corrected chi connectivity index (χ2v) is 6.02.